The van der Waals surface area contributed by atoms with Crippen molar-refractivity contribution in [1.82, 2.24) is 15.0 Å². The lowest BCUT2D eigenvalue weighted by Gasteiger charge is -2.06. The average molecular weight is 264 g/mol. The number of fused-ring (bicyclic) bond motifs is 1. The molecule has 0 unspecified atom stereocenters. The van der Waals surface area contributed by atoms with Crippen molar-refractivity contribution in [2.75, 3.05) is 0 Å². The predicted octanol–water partition coefficient (Wildman–Crippen LogP) is 3.44. The van der Waals surface area contributed by atoms with Gasteiger partial charge in [0.15, 0.2) is 0 Å². The molecule has 2 heterocycles. The first-order valence-corrected chi connectivity index (χ1v) is 6.76. The van der Waals surface area contributed by atoms with E-state index in [0.29, 0.717) is 5.92 Å². The van der Waals surface area contributed by atoms with E-state index in [9.17, 15) is 0 Å². The third-order valence-corrected chi connectivity index (χ3v) is 3.17. The van der Waals surface area contributed by atoms with Crippen LogP contribution in [0.4, 0.5) is 0 Å². The molecule has 0 fully saturated rings. The highest BCUT2D eigenvalue weighted by atomic mass is 15.4. The normalized spacial score (nSPS) is 19.4. The Labute approximate surface area is 117 Å². The number of hydrogen-bond acceptors (Lipinski definition) is 3. The second kappa shape index (κ2) is 5.27. The summed E-state index contributed by atoms with van der Waals surface area (Å²) in [6, 6.07) is 7.92. The average Bonchev–Trinajstić information content (AvgIpc) is 2.82. The molecule has 4 nitrogen and oxygen atoms in total. The zero-order valence-corrected chi connectivity index (χ0v) is 11.6. The number of allylic oxidation sites excluding steroid dienone is 3. The predicted molar refractivity (Wildman–Crippen MR) is 81.3 cm³/mol. The van der Waals surface area contributed by atoms with Crippen molar-refractivity contribution in [3.05, 3.63) is 47.8 Å². The Hall–Kier alpha value is -2.45. The van der Waals surface area contributed by atoms with Crippen molar-refractivity contribution >= 4 is 22.9 Å². The van der Waals surface area contributed by atoms with Gasteiger partial charge in [-0.05, 0) is 24.6 Å². The van der Waals surface area contributed by atoms with Gasteiger partial charge in [-0.3, -0.25) is 4.99 Å². The summed E-state index contributed by atoms with van der Waals surface area (Å²) in [7, 11) is 0. The van der Waals surface area contributed by atoms with Crippen molar-refractivity contribution in [2.24, 2.45) is 10.9 Å². The molecule has 0 bridgehead atoms. The molecule has 4 heteroatoms. The molecular weight excluding hydrogens is 248 g/mol. The molecule has 0 radical (unpaired) electrons. The molecule has 0 N–H and O–H groups in total. The second-order valence-electron chi connectivity index (χ2n) is 5.00. The van der Waals surface area contributed by atoms with E-state index in [4.69, 9.17) is 0 Å². The summed E-state index contributed by atoms with van der Waals surface area (Å²) in [6.07, 6.45) is 6.74. The van der Waals surface area contributed by atoms with Crippen molar-refractivity contribution in [3.8, 4) is 0 Å². The van der Waals surface area contributed by atoms with Gasteiger partial charge in [-0.2, -0.15) is 0 Å². The van der Waals surface area contributed by atoms with Gasteiger partial charge in [0, 0.05) is 5.92 Å². The summed E-state index contributed by atoms with van der Waals surface area (Å²) in [5.41, 5.74) is 7.00. The van der Waals surface area contributed by atoms with Crippen molar-refractivity contribution in [2.45, 2.75) is 20.3 Å². The van der Waals surface area contributed by atoms with Crippen LogP contribution in [0, 0.1) is 5.92 Å². The smallest absolute Gasteiger partial charge is 0.113 e. The lowest BCUT2D eigenvalue weighted by atomic mass is 10.1. The molecule has 0 saturated carbocycles. The first-order chi connectivity index (χ1) is 9.75. The lowest BCUT2D eigenvalue weighted by Crippen LogP contribution is -2.02. The summed E-state index contributed by atoms with van der Waals surface area (Å²) >= 11 is 0. The summed E-state index contributed by atoms with van der Waals surface area (Å²) in [5.74, 6) is 0.356. The van der Waals surface area contributed by atoms with Crippen LogP contribution in [0.3, 0.4) is 0 Å². The number of hydrogen-bond donors (Lipinski definition) is 0. The van der Waals surface area contributed by atoms with E-state index in [1.54, 1.807) is 0 Å². The van der Waals surface area contributed by atoms with Crippen molar-refractivity contribution in [3.63, 3.8) is 0 Å². The van der Waals surface area contributed by atoms with E-state index in [1.165, 1.54) is 0 Å². The lowest BCUT2D eigenvalue weighted by molar-refractivity contribution is 0.760. The van der Waals surface area contributed by atoms with Gasteiger partial charge in [0.2, 0.25) is 0 Å². The Morgan fingerprint density at radius 2 is 2.10 bits per heavy atom. The second-order valence-corrected chi connectivity index (χ2v) is 5.00. The molecule has 0 aliphatic carbocycles. The van der Waals surface area contributed by atoms with Crippen molar-refractivity contribution in [1.29, 1.82) is 0 Å². The largest absolute Gasteiger partial charge is 0.250 e. The highest BCUT2D eigenvalue weighted by Gasteiger charge is 2.08. The van der Waals surface area contributed by atoms with Gasteiger partial charge in [-0.1, -0.05) is 37.3 Å². The third-order valence-electron chi connectivity index (χ3n) is 3.17. The van der Waals surface area contributed by atoms with Crippen LogP contribution in [0.5, 0.6) is 0 Å². The minimum absolute atomic E-state index is 0.356. The van der Waals surface area contributed by atoms with E-state index in [2.05, 4.69) is 41.0 Å². The van der Waals surface area contributed by atoms with E-state index in [1.807, 2.05) is 41.2 Å². The quantitative estimate of drug-likeness (QED) is 0.780. The molecule has 1 aliphatic rings. The Morgan fingerprint density at radius 3 is 2.95 bits per heavy atom. The topological polar surface area (TPSA) is 43.1 Å². The van der Waals surface area contributed by atoms with Gasteiger partial charge in [-0.15, -0.1) is 10.8 Å². The molecule has 1 aliphatic heterocycles. The van der Waals surface area contributed by atoms with Gasteiger partial charge < -0.3 is 0 Å². The zero-order chi connectivity index (χ0) is 13.9. The highest BCUT2D eigenvalue weighted by Crippen LogP contribution is 2.17. The monoisotopic (exact) mass is 264 g/mol. The molecular formula is C16H16N4. The molecule has 0 saturated heterocycles. The van der Waals surface area contributed by atoms with E-state index in [-0.39, 0.29) is 0 Å². The molecule has 100 valence electrons. The summed E-state index contributed by atoms with van der Waals surface area (Å²) in [6.45, 7) is 4.23. The number of para-hydroxylation sites is 1. The minimum Gasteiger partial charge on any atom is -0.250 e. The standard InChI is InChI=1S/C16H16N4/c1-12(2)14-8-4-3-7-13(11-17-14)20-16-10-6-5-9-15(16)18-19-20/h4-7,9-12H,3H2,1-2H3/b13-7+,17-11-. The Kier molecular flexibility index (Phi) is 3.32. The maximum atomic E-state index is 4.52. The fourth-order valence-corrected chi connectivity index (χ4v) is 2.09. The Balaban J connectivity index is 2.03. The van der Waals surface area contributed by atoms with Crippen LogP contribution in [0.25, 0.3) is 16.7 Å². The molecule has 2 aromatic rings. The van der Waals surface area contributed by atoms with Crippen LogP contribution in [0.2, 0.25) is 0 Å². The Bertz CT molecular complexity index is 756. The van der Waals surface area contributed by atoms with Gasteiger partial charge in [0.25, 0.3) is 0 Å². The molecule has 1 aromatic heterocycles. The van der Waals surface area contributed by atoms with Crippen LogP contribution in [0.1, 0.15) is 20.3 Å². The fraction of sp³-hybridized carbons (Fsp3) is 0.250. The molecule has 0 spiro atoms. The SMILES string of the molecule is CC(C)C1=C=CC/C=C(n2nnc3ccccc32)\C=N/1. The van der Waals surface area contributed by atoms with Crippen LogP contribution in [-0.2, 0) is 0 Å². The summed E-state index contributed by atoms with van der Waals surface area (Å²) in [4.78, 5) is 4.52. The Morgan fingerprint density at radius 1 is 1.25 bits per heavy atom. The maximum absolute atomic E-state index is 4.52. The van der Waals surface area contributed by atoms with Gasteiger partial charge in [-0.25, -0.2) is 4.68 Å². The number of aliphatic imine (C=N–C) groups is 1. The van der Waals surface area contributed by atoms with Crippen LogP contribution < -0.4 is 0 Å². The fourth-order valence-electron chi connectivity index (χ4n) is 2.09. The number of nitrogens with zero attached hydrogens (tertiary/aromatic N) is 4. The maximum Gasteiger partial charge on any atom is 0.113 e. The van der Waals surface area contributed by atoms with Crippen molar-refractivity contribution < 1.29 is 0 Å². The highest BCUT2D eigenvalue weighted by molar-refractivity contribution is 6.04. The number of aromatic nitrogens is 3. The van der Waals surface area contributed by atoms with Crippen LogP contribution in [-0.4, -0.2) is 21.2 Å². The van der Waals surface area contributed by atoms with Gasteiger partial charge >= 0.3 is 0 Å². The van der Waals surface area contributed by atoms with E-state index >= 15 is 0 Å². The van der Waals surface area contributed by atoms with Gasteiger partial charge in [0.05, 0.1) is 23.1 Å². The summed E-state index contributed by atoms with van der Waals surface area (Å²) in [5, 5.41) is 8.40. The third kappa shape index (κ3) is 2.33. The number of rotatable bonds is 2. The first-order valence-electron chi connectivity index (χ1n) is 6.76. The van der Waals surface area contributed by atoms with Crippen LogP contribution >= 0.6 is 0 Å². The first kappa shape index (κ1) is 12.6. The van der Waals surface area contributed by atoms with E-state index in [0.717, 1.165) is 28.8 Å². The van der Waals surface area contributed by atoms with Crippen LogP contribution in [0.15, 0.2) is 52.8 Å². The molecule has 0 amide bonds. The molecule has 20 heavy (non-hydrogen) atoms. The molecule has 0 atom stereocenters. The minimum atomic E-state index is 0.356. The van der Waals surface area contributed by atoms with E-state index < -0.39 is 0 Å². The molecule has 1 aromatic carbocycles. The summed E-state index contributed by atoms with van der Waals surface area (Å²) < 4.78 is 1.83. The molecule has 3 rings (SSSR count). The van der Waals surface area contributed by atoms with Gasteiger partial charge in [0.1, 0.15) is 5.52 Å². The zero-order valence-electron chi connectivity index (χ0n) is 11.6. The number of benzene rings is 1.